The number of nitrogens with one attached hydrogen (secondary N) is 1. The summed E-state index contributed by atoms with van der Waals surface area (Å²) in [6.07, 6.45) is -0.232. The molecule has 0 bridgehead atoms. The molecule has 9 heteroatoms. The molecule has 2 aromatic rings. The Morgan fingerprint density at radius 3 is 2.28 bits per heavy atom. The third-order valence-corrected chi connectivity index (χ3v) is 6.21. The molecule has 2 aromatic carbocycles. The van der Waals surface area contributed by atoms with E-state index in [4.69, 9.17) is 11.6 Å². The smallest absolute Gasteiger partial charge is 0.239 e. The van der Waals surface area contributed by atoms with E-state index in [2.05, 4.69) is 5.32 Å². The number of likely N-dealkylation sites (N-methyl/N-ethyl adjacent to an activating group) is 1. The fourth-order valence-corrected chi connectivity index (χ4v) is 3.90. The highest BCUT2D eigenvalue weighted by Crippen LogP contribution is 2.16. The van der Waals surface area contributed by atoms with Crippen molar-refractivity contribution in [2.45, 2.75) is 24.8 Å². The second-order valence-corrected chi connectivity index (χ2v) is 8.88. The number of hydrogen-bond acceptors (Lipinski definition) is 4. The Morgan fingerprint density at radius 1 is 1.07 bits per heavy atom. The molecule has 0 saturated carbocycles. The molecule has 0 atom stereocenters. The molecular formula is C20H22ClFN2O4S. The van der Waals surface area contributed by atoms with Gasteiger partial charge in [-0.2, -0.15) is 0 Å². The van der Waals surface area contributed by atoms with E-state index in [1.807, 2.05) is 0 Å². The number of amides is 2. The van der Waals surface area contributed by atoms with Crippen molar-refractivity contribution in [2.75, 3.05) is 18.8 Å². The van der Waals surface area contributed by atoms with Crippen LogP contribution in [0.1, 0.15) is 18.9 Å². The molecule has 1 N–H and O–H groups in total. The number of halogens is 2. The molecule has 0 aliphatic carbocycles. The van der Waals surface area contributed by atoms with Crippen LogP contribution < -0.4 is 5.32 Å². The third-order valence-electron chi connectivity index (χ3n) is 4.23. The minimum Gasteiger partial charge on any atom is -0.350 e. The number of carbonyl (C=O) groups excluding carboxylic acids is 2. The summed E-state index contributed by atoms with van der Waals surface area (Å²) < 4.78 is 37.6. The van der Waals surface area contributed by atoms with Crippen LogP contribution in [0.5, 0.6) is 0 Å². The standard InChI is InChI=1S/C20H22ClFN2O4S/c1-2-24(14-19(25)23-13-15-3-7-17(22)8-4-15)20(26)11-12-29(27,28)18-9-5-16(21)6-10-18/h3-10H,2,11-14H2,1H3,(H,23,25). The van der Waals surface area contributed by atoms with E-state index < -0.39 is 15.7 Å². The molecule has 156 valence electrons. The molecule has 0 spiro atoms. The molecule has 0 aromatic heterocycles. The topological polar surface area (TPSA) is 83.6 Å². The van der Waals surface area contributed by atoms with Gasteiger partial charge in [-0.25, -0.2) is 12.8 Å². The Bertz CT molecular complexity index is 947. The van der Waals surface area contributed by atoms with E-state index in [1.54, 1.807) is 19.1 Å². The summed E-state index contributed by atoms with van der Waals surface area (Å²) >= 11 is 5.76. The number of carbonyl (C=O) groups is 2. The van der Waals surface area contributed by atoms with Crippen LogP contribution in [0.15, 0.2) is 53.4 Å². The largest absolute Gasteiger partial charge is 0.350 e. The molecule has 2 rings (SSSR count). The maximum atomic E-state index is 12.9. The van der Waals surface area contributed by atoms with Crippen molar-refractivity contribution in [3.63, 3.8) is 0 Å². The zero-order valence-corrected chi connectivity index (χ0v) is 17.5. The number of rotatable bonds is 9. The summed E-state index contributed by atoms with van der Waals surface area (Å²) in [4.78, 5) is 25.9. The normalized spacial score (nSPS) is 11.1. The van der Waals surface area contributed by atoms with Gasteiger partial charge in [0.25, 0.3) is 0 Å². The molecule has 0 aliphatic heterocycles. The summed E-state index contributed by atoms with van der Waals surface area (Å²) in [5.74, 6) is -1.54. The Kier molecular flexibility index (Phi) is 8.16. The molecule has 6 nitrogen and oxygen atoms in total. The van der Waals surface area contributed by atoms with Crippen LogP contribution in [0.4, 0.5) is 4.39 Å². The minimum absolute atomic E-state index is 0.0924. The maximum Gasteiger partial charge on any atom is 0.239 e. The fourth-order valence-electron chi connectivity index (χ4n) is 2.55. The van der Waals surface area contributed by atoms with Crippen molar-refractivity contribution in [3.05, 3.63) is 64.9 Å². The molecule has 0 radical (unpaired) electrons. The van der Waals surface area contributed by atoms with Crippen LogP contribution in [0.3, 0.4) is 0 Å². The van der Waals surface area contributed by atoms with Crippen molar-refractivity contribution in [2.24, 2.45) is 0 Å². The number of benzene rings is 2. The van der Waals surface area contributed by atoms with E-state index in [0.29, 0.717) is 5.02 Å². The van der Waals surface area contributed by atoms with Crippen molar-refractivity contribution in [1.29, 1.82) is 0 Å². The average Bonchev–Trinajstić information content (AvgIpc) is 2.70. The van der Waals surface area contributed by atoms with Gasteiger partial charge in [-0.1, -0.05) is 23.7 Å². The molecule has 29 heavy (non-hydrogen) atoms. The predicted molar refractivity (Wildman–Crippen MR) is 109 cm³/mol. The lowest BCUT2D eigenvalue weighted by molar-refractivity contribution is -0.135. The first-order valence-electron chi connectivity index (χ1n) is 8.98. The third kappa shape index (κ3) is 7.14. The molecule has 0 saturated heterocycles. The van der Waals surface area contributed by atoms with Gasteiger partial charge in [0.05, 0.1) is 17.2 Å². The van der Waals surface area contributed by atoms with Crippen LogP contribution >= 0.6 is 11.6 Å². The van der Waals surface area contributed by atoms with Crippen LogP contribution in [0.2, 0.25) is 5.02 Å². The number of hydrogen-bond donors (Lipinski definition) is 1. The van der Waals surface area contributed by atoms with Gasteiger partial charge in [0.2, 0.25) is 11.8 Å². The second-order valence-electron chi connectivity index (χ2n) is 6.33. The van der Waals surface area contributed by atoms with Crippen molar-refractivity contribution >= 4 is 33.3 Å². The van der Waals surface area contributed by atoms with Crippen LogP contribution in [-0.4, -0.2) is 44.0 Å². The first-order valence-corrected chi connectivity index (χ1v) is 11.0. The maximum absolute atomic E-state index is 12.9. The van der Waals surface area contributed by atoms with Gasteiger partial charge in [0.1, 0.15) is 5.82 Å². The van der Waals surface area contributed by atoms with Gasteiger partial charge >= 0.3 is 0 Å². The number of nitrogens with zero attached hydrogens (tertiary/aromatic N) is 1. The Hall–Kier alpha value is -2.45. The van der Waals surface area contributed by atoms with Gasteiger partial charge < -0.3 is 10.2 Å². The highest BCUT2D eigenvalue weighted by molar-refractivity contribution is 7.91. The van der Waals surface area contributed by atoms with E-state index in [1.165, 1.54) is 41.3 Å². The van der Waals surface area contributed by atoms with Crippen molar-refractivity contribution in [1.82, 2.24) is 10.2 Å². The Balaban J connectivity index is 1.86. The van der Waals surface area contributed by atoms with Crippen molar-refractivity contribution < 1.29 is 22.4 Å². The molecule has 0 unspecified atom stereocenters. The average molecular weight is 441 g/mol. The van der Waals surface area contributed by atoms with Gasteiger partial charge in [-0.3, -0.25) is 9.59 Å². The lowest BCUT2D eigenvalue weighted by Crippen LogP contribution is -2.40. The zero-order valence-electron chi connectivity index (χ0n) is 15.9. The second kappa shape index (κ2) is 10.4. The first kappa shape index (κ1) is 22.8. The summed E-state index contributed by atoms with van der Waals surface area (Å²) in [7, 11) is -3.63. The van der Waals surface area contributed by atoms with Crippen LogP contribution in [-0.2, 0) is 26.0 Å². The van der Waals surface area contributed by atoms with Gasteiger partial charge in [0.15, 0.2) is 9.84 Å². The number of sulfone groups is 1. The SMILES string of the molecule is CCN(CC(=O)NCc1ccc(F)cc1)C(=O)CCS(=O)(=O)c1ccc(Cl)cc1. The van der Waals surface area contributed by atoms with Crippen molar-refractivity contribution in [3.8, 4) is 0 Å². The first-order chi connectivity index (χ1) is 13.7. The summed E-state index contributed by atoms with van der Waals surface area (Å²) in [5, 5.41) is 3.08. The molecular weight excluding hydrogens is 419 g/mol. The van der Waals surface area contributed by atoms with E-state index in [0.717, 1.165) is 5.56 Å². The van der Waals surface area contributed by atoms with E-state index in [9.17, 15) is 22.4 Å². The predicted octanol–water partition coefficient (Wildman–Crippen LogP) is 2.81. The lowest BCUT2D eigenvalue weighted by Gasteiger charge is -2.20. The molecule has 0 heterocycles. The summed E-state index contributed by atoms with van der Waals surface area (Å²) in [5.41, 5.74) is 0.725. The van der Waals surface area contributed by atoms with Gasteiger partial charge in [0, 0.05) is 24.5 Å². The van der Waals surface area contributed by atoms with Gasteiger partial charge in [-0.15, -0.1) is 0 Å². The van der Waals surface area contributed by atoms with E-state index >= 15 is 0 Å². The fraction of sp³-hybridized carbons (Fsp3) is 0.300. The molecule has 0 fully saturated rings. The minimum atomic E-state index is -3.63. The summed E-state index contributed by atoms with van der Waals surface area (Å²) in [6.45, 7) is 2.00. The molecule has 0 aliphatic rings. The van der Waals surface area contributed by atoms with Crippen LogP contribution in [0.25, 0.3) is 0 Å². The Labute approximate surface area is 174 Å². The highest BCUT2D eigenvalue weighted by Gasteiger charge is 2.20. The zero-order chi connectivity index (χ0) is 21.4. The Morgan fingerprint density at radius 2 is 1.69 bits per heavy atom. The molecule has 2 amide bonds. The monoisotopic (exact) mass is 440 g/mol. The summed E-state index contributed by atoms with van der Waals surface area (Å²) in [6, 6.07) is 11.4. The van der Waals surface area contributed by atoms with Gasteiger partial charge in [-0.05, 0) is 48.9 Å². The van der Waals surface area contributed by atoms with Crippen LogP contribution in [0, 0.1) is 5.82 Å². The quantitative estimate of drug-likeness (QED) is 0.649. The van der Waals surface area contributed by atoms with E-state index in [-0.39, 0.29) is 48.4 Å². The lowest BCUT2D eigenvalue weighted by atomic mass is 10.2. The highest BCUT2D eigenvalue weighted by atomic mass is 35.5.